The Kier molecular flexibility index (Phi) is 4.97. The number of rotatable bonds is 4. The summed E-state index contributed by atoms with van der Waals surface area (Å²) in [7, 11) is 3.68. The average molecular weight is 448 g/mol. The highest BCUT2D eigenvalue weighted by atomic mass is 19.1. The molecule has 0 saturated carbocycles. The Balaban J connectivity index is 1.75. The second-order valence-electron chi connectivity index (χ2n) is 8.84. The second-order valence-corrected chi connectivity index (χ2v) is 8.84. The van der Waals surface area contributed by atoms with E-state index in [-0.39, 0.29) is 28.7 Å². The molecule has 0 spiro atoms. The molecule has 1 aromatic carbocycles. The predicted molar refractivity (Wildman–Crippen MR) is 126 cm³/mol. The number of H-pyrrole nitrogens is 1. The summed E-state index contributed by atoms with van der Waals surface area (Å²) in [5.74, 6) is 0.256. The maximum absolute atomic E-state index is 13.9. The van der Waals surface area contributed by atoms with Gasteiger partial charge in [-0.25, -0.2) is 4.39 Å². The molecule has 4 heterocycles. The third-order valence-electron chi connectivity index (χ3n) is 6.33. The first-order valence-corrected chi connectivity index (χ1v) is 10.8. The van der Waals surface area contributed by atoms with Crippen LogP contribution in [0.4, 0.5) is 4.39 Å². The normalized spacial score (nSPS) is 14.6. The van der Waals surface area contributed by atoms with E-state index < -0.39 is 0 Å². The van der Waals surface area contributed by atoms with Crippen LogP contribution in [0.2, 0.25) is 0 Å². The first kappa shape index (κ1) is 21.2. The summed E-state index contributed by atoms with van der Waals surface area (Å²) >= 11 is 0. The molecule has 0 aliphatic carbocycles. The van der Waals surface area contributed by atoms with Gasteiger partial charge in [0.2, 0.25) is 5.75 Å². The van der Waals surface area contributed by atoms with Crippen LogP contribution < -0.4 is 15.9 Å². The monoisotopic (exact) mass is 448 g/mol. The summed E-state index contributed by atoms with van der Waals surface area (Å²) in [6.45, 7) is 5.05. The Morgan fingerprint density at radius 1 is 1.00 bits per heavy atom. The molecule has 0 atom stereocenters. The smallest absolute Gasteiger partial charge is 0.294 e. The zero-order chi connectivity index (χ0) is 23.4. The maximum atomic E-state index is 13.9. The average Bonchev–Trinajstić information content (AvgIpc) is 3.22. The van der Waals surface area contributed by atoms with Gasteiger partial charge in [0.05, 0.1) is 6.04 Å². The molecular formula is C25H25FN4O3. The molecule has 1 fully saturated rings. The quantitative estimate of drug-likeness (QED) is 0.516. The van der Waals surface area contributed by atoms with Crippen LogP contribution in [0.1, 0.15) is 17.2 Å². The number of benzene rings is 1. The SMILES string of the molecule is Cc1cc(F)cc(C)c1Oc1c(-c2cn(C)c(=O)c3[nH]ccc23)ccn(C2CN(C)C2)c1=O. The summed E-state index contributed by atoms with van der Waals surface area (Å²) in [5, 5.41) is 0.705. The Labute approximate surface area is 189 Å². The molecule has 1 aliphatic rings. The van der Waals surface area contributed by atoms with Crippen LogP contribution in [0.3, 0.4) is 0 Å². The third kappa shape index (κ3) is 3.47. The first-order chi connectivity index (χ1) is 15.7. The van der Waals surface area contributed by atoms with Crippen molar-refractivity contribution >= 4 is 10.9 Å². The van der Waals surface area contributed by atoms with Crippen molar-refractivity contribution in [3.05, 3.63) is 80.5 Å². The maximum Gasteiger partial charge on any atom is 0.294 e. The van der Waals surface area contributed by atoms with Crippen molar-refractivity contribution in [1.82, 2.24) is 19.0 Å². The van der Waals surface area contributed by atoms with Crippen LogP contribution in [0.5, 0.6) is 11.5 Å². The van der Waals surface area contributed by atoms with E-state index in [0.717, 1.165) is 13.1 Å². The van der Waals surface area contributed by atoms with E-state index in [9.17, 15) is 14.0 Å². The van der Waals surface area contributed by atoms with Gasteiger partial charge in [-0.05, 0) is 56.3 Å². The molecule has 0 unspecified atom stereocenters. The number of halogens is 1. The van der Waals surface area contributed by atoms with Crippen molar-refractivity contribution in [2.24, 2.45) is 7.05 Å². The number of likely N-dealkylation sites (tertiary alicyclic amines) is 1. The summed E-state index contributed by atoms with van der Waals surface area (Å²) in [4.78, 5) is 31.4. The Morgan fingerprint density at radius 2 is 1.70 bits per heavy atom. The van der Waals surface area contributed by atoms with Crippen molar-refractivity contribution in [2.75, 3.05) is 20.1 Å². The van der Waals surface area contributed by atoms with Gasteiger partial charge in [-0.3, -0.25) is 9.59 Å². The van der Waals surface area contributed by atoms with Gasteiger partial charge >= 0.3 is 0 Å². The van der Waals surface area contributed by atoms with Crippen molar-refractivity contribution < 1.29 is 9.13 Å². The number of aryl methyl sites for hydroxylation is 3. The van der Waals surface area contributed by atoms with E-state index in [4.69, 9.17) is 4.74 Å². The topological polar surface area (TPSA) is 72.3 Å². The van der Waals surface area contributed by atoms with E-state index in [2.05, 4.69) is 9.88 Å². The van der Waals surface area contributed by atoms with Crippen LogP contribution in [-0.2, 0) is 7.05 Å². The van der Waals surface area contributed by atoms with Gasteiger partial charge in [-0.2, -0.15) is 0 Å². The molecule has 1 aliphatic heterocycles. The highest BCUT2D eigenvalue weighted by Crippen LogP contribution is 2.37. The molecule has 5 rings (SSSR count). The van der Waals surface area contributed by atoms with E-state index in [1.807, 2.05) is 19.2 Å². The summed E-state index contributed by atoms with van der Waals surface area (Å²) in [6.07, 6.45) is 5.21. The number of fused-ring (bicyclic) bond motifs is 1. The van der Waals surface area contributed by atoms with E-state index in [1.165, 1.54) is 16.7 Å². The van der Waals surface area contributed by atoms with Gasteiger partial charge in [0.1, 0.15) is 17.1 Å². The number of pyridine rings is 2. The van der Waals surface area contributed by atoms with Crippen molar-refractivity contribution in [3.8, 4) is 22.6 Å². The molecule has 4 aromatic rings. The van der Waals surface area contributed by atoms with Crippen LogP contribution in [0.25, 0.3) is 22.0 Å². The van der Waals surface area contributed by atoms with Crippen LogP contribution in [-0.4, -0.2) is 39.2 Å². The number of ether oxygens (including phenoxy) is 1. The summed E-state index contributed by atoms with van der Waals surface area (Å²) in [5.41, 5.74) is 2.53. The van der Waals surface area contributed by atoms with Crippen molar-refractivity contribution in [1.29, 1.82) is 0 Å². The van der Waals surface area contributed by atoms with Gasteiger partial charge in [0, 0.05) is 55.2 Å². The molecule has 0 bridgehead atoms. The second kappa shape index (κ2) is 7.74. The zero-order valence-corrected chi connectivity index (χ0v) is 19.0. The Morgan fingerprint density at radius 3 is 2.36 bits per heavy atom. The minimum Gasteiger partial charge on any atom is -0.450 e. The Bertz CT molecular complexity index is 1490. The number of aromatic nitrogens is 3. The zero-order valence-electron chi connectivity index (χ0n) is 19.0. The molecule has 0 amide bonds. The highest BCUT2D eigenvalue weighted by molar-refractivity contribution is 5.95. The van der Waals surface area contributed by atoms with Gasteiger partial charge in [-0.1, -0.05) is 0 Å². The minimum atomic E-state index is -0.354. The van der Waals surface area contributed by atoms with Crippen molar-refractivity contribution in [2.45, 2.75) is 19.9 Å². The molecule has 170 valence electrons. The fourth-order valence-corrected chi connectivity index (χ4v) is 4.62. The molecule has 1 N–H and O–H groups in total. The van der Waals surface area contributed by atoms with E-state index >= 15 is 0 Å². The van der Waals surface area contributed by atoms with E-state index in [1.54, 1.807) is 44.1 Å². The molecule has 0 radical (unpaired) electrons. The van der Waals surface area contributed by atoms with Gasteiger partial charge in [0.15, 0.2) is 0 Å². The summed E-state index contributed by atoms with van der Waals surface area (Å²) in [6, 6.07) is 6.51. The number of hydrogen-bond acceptors (Lipinski definition) is 4. The number of nitrogens with one attached hydrogen (secondary N) is 1. The standard InChI is InChI=1S/C25H25FN4O3/c1-14-9-16(26)10-15(2)22(14)33-23-19(6-8-30(25(23)32)17-11-28(3)12-17)20-13-29(4)24(31)21-18(20)5-7-27-21/h5-10,13,17,27H,11-12H2,1-4H3. The molecule has 7 nitrogen and oxygen atoms in total. The van der Waals surface area contributed by atoms with Crippen LogP contribution in [0, 0.1) is 19.7 Å². The fraction of sp³-hybridized carbons (Fsp3) is 0.280. The number of nitrogens with zero attached hydrogens (tertiary/aromatic N) is 3. The predicted octanol–water partition coefficient (Wildman–Crippen LogP) is 3.73. The van der Waals surface area contributed by atoms with Crippen LogP contribution in [0.15, 0.2) is 52.4 Å². The lowest BCUT2D eigenvalue weighted by molar-refractivity contribution is 0.137. The highest BCUT2D eigenvalue weighted by Gasteiger charge is 2.28. The van der Waals surface area contributed by atoms with Gasteiger partial charge in [0.25, 0.3) is 11.1 Å². The lowest BCUT2D eigenvalue weighted by Crippen LogP contribution is -2.47. The number of aromatic amines is 1. The molecular weight excluding hydrogens is 423 g/mol. The van der Waals surface area contributed by atoms with Crippen molar-refractivity contribution in [3.63, 3.8) is 0 Å². The van der Waals surface area contributed by atoms with Gasteiger partial charge in [-0.15, -0.1) is 0 Å². The van der Waals surface area contributed by atoms with Crippen LogP contribution >= 0.6 is 0 Å². The lowest BCUT2D eigenvalue weighted by Gasteiger charge is -2.37. The first-order valence-electron chi connectivity index (χ1n) is 10.8. The molecule has 3 aromatic heterocycles. The lowest BCUT2D eigenvalue weighted by atomic mass is 10.0. The third-order valence-corrected chi connectivity index (χ3v) is 6.33. The molecule has 8 heteroatoms. The molecule has 33 heavy (non-hydrogen) atoms. The van der Waals surface area contributed by atoms with Gasteiger partial charge < -0.3 is 23.8 Å². The Hall–Kier alpha value is -3.65. The fourth-order valence-electron chi connectivity index (χ4n) is 4.62. The minimum absolute atomic E-state index is 0.0571. The summed E-state index contributed by atoms with van der Waals surface area (Å²) < 4.78 is 23.4. The molecule has 1 saturated heterocycles. The number of hydrogen-bond donors (Lipinski definition) is 1. The number of likely N-dealkylation sites (N-methyl/N-ethyl adjacent to an activating group) is 1. The van der Waals surface area contributed by atoms with E-state index in [0.29, 0.717) is 38.9 Å². The largest absolute Gasteiger partial charge is 0.450 e.